The summed E-state index contributed by atoms with van der Waals surface area (Å²) in [5.41, 5.74) is -0.241. The smallest absolute Gasteiger partial charge is 0.101 e. The zero-order chi connectivity index (χ0) is 8.32. The van der Waals surface area contributed by atoms with Crippen LogP contribution in [0.4, 0.5) is 0 Å². The molecule has 0 aliphatic heterocycles. The maximum Gasteiger partial charge on any atom is 0.101 e. The van der Waals surface area contributed by atoms with E-state index in [1.165, 1.54) is 0 Å². The van der Waals surface area contributed by atoms with Gasteiger partial charge in [0.05, 0.1) is 18.1 Å². The molecule has 1 fully saturated rings. The molecule has 1 aliphatic rings. The maximum absolute atomic E-state index is 8.74. The molecule has 3 nitrogen and oxygen atoms in total. The summed E-state index contributed by atoms with van der Waals surface area (Å²) in [5.74, 6) is 0.466. The summed E-state index contributed by atoms with van der Waals surface area (Å²) in [6.07, 6.45) is 0.941. The molecule has 0 bridgehead atoms. The zero-order valence-corrected chi connectivity index (χ0v) is 6.96. The van der Waals surface area contributed by atoms with Crippen LogP contribution in [0.1, 0.15) is 20.3 Å². The van der Waals surface area contributed by atoms with E-state index in [1.807, 2.05) is 6.92 Å². The molecular formula is C8H13NO2. The van der Waals surface area contributed by atoms with Gasteiger partial charge in [0.25, 0.3) is 0 Å². The van der Waals surface area contributed by atoms with Gasteiger partial charge in [0.2, 0.25) is 0 Å². The topological polar surface area (TPSA) is 42.2 Å². The van der Waals surface area contributed by atoms with Crippen molar-refractivity contribution in [2.45, 2.75) is 20.3 Å². The van der Waals surface area contributed by atoms with Crippen molar-refractivity contribution < 1.29 is 9.78 Å². The normalized spacial score (nSPS) is 34.8. The Kier molecular flexibility index (Phi) is 2.48. The quantitative estimate of drug-likeness (QED) is 0.351. The lowest BCUT2D eigenvalue weighted by Crippen LogP contribution is -2.10. The van der Waals surface area contributed by atoms with Crippen molar-refractivity contribution in [1.29, 1.82) is 5.26 Å². The van der Waals surface area contributed by atoms with Gasteiger partial charge < -0.3 is 0 Å². The lowest BCUT2D eigenvalue weighted by atomic mass is 10.1. The van der Waals surface area contributed by atoms with Gasteiger partial charge in [-0.1, -0.05) is 6.92 Å². The summed E-state index contributed by atoms with van der Waals surface area (Å²) >= 11 is 0. The Balaban J connectivity index is 2.21. The van der Waals surface area contributed by atoms with Gasteiger partial charge >= 0.3 is 0 Å². The molecule has 3 heteroatoms. The van der Waals surface area contributed by atoms with E-state index in [0.717, 1.165) is 6.42 Å². The Morgan fingerprint density at radius 3 is 2.64 bits per heavy atom. The van der Waals surface area contributed by atoms with Crippen molar-refractivity contribution in [3.05, 3.63) is 0 Å². The number of rotatable bonds is 4. The number of hydrogen-bond donors (Lipinski definition) is 0. The van der Waals surface area contributed by atoms with Crippen LogP contribution in [0.2, 0.25) is 0 Å². The van der Waals surface area contributed by atoms with Crippen LogP contribution in [-0.2, 0) is 9.78 Å². The second-order valence-electron chi connectivity index (χ2n) is 3.04. The van der Waals surface area contributed by atoms with Crippen LogP contribution in [0.5, 0.6) is 0 Å². The van der Waals surface area contributed by atoms with Gasteiger partial charge in [-0.15, -0.1) is 0 Å². The minimum Gasteiger partial charge on any atom is -0.237 e. The first-order chi connectivity index (χ1) is 5.25. The van der Waals surface area contributed by atoms with Crippen LogP contribution in [0.25, 0.3) is 0 Å². The minimum absolute atomic E-state index is 0.241. The Labute approximate surface area is 66.8 Å². The molecule has 62 valence electrons. The van der Waals surface area contributed by atoms with Crippen molar-refractivity contribution >= 4 is 0 Å². The predicted octanol–water partition coefficient (Wildman–Crippen LogP) is 1.50. The van der Waals surface area contributed by atoms with Gasteiger partial charge in [-0.2, -0.15) is 5.26 Å². The van der Waals surface area contributed by atoms with Gasteiger partial charge in [-0.3, -0.25) is 0 Å². The third kappa shape index (κ3) is 1.70. The average Bonchev–Trinajstić information content (AvgIpc) is 2.64. The highest BCUT2D eigenvalue weighted by Crippen LogP contribution is 2.51. The first kappa shape index (κ1) is 8.51. The Hall–Kier alpha value is -0.590. The van der Waals surface area contributed by atoms with Crippen LogP contribution < -0.4 is 0 Å². The van der Waals surface area contributed by atoms with Crippen LogP contribution in [0.15, 0.2) is 0 Å². The summed E-state index contributed by atoms with van der Waals surface area (Å²) in [4.78, 5) is 9.56. The van der Waals surface area contributed by atoms with Gasteiger partial charge in [0, 0.05) is 0 Å². The minimum atomic E-state index is -0.241. The Bertz CT molecular complexity index is 175. The second kappa shape index (κ2) is 3.21. The predicted molar refractivity (Wildman–Crippen MR) is 39.4 cm³/mol. The molecule has 2 atom stereocenters. The highest BCUT2D eigenvalue weighted by atomic mass is 17.2. The van der Waals surface area contributed by atoms with E-state index in [9.17, 15) is 0 Å². The van der Waals surface area contributed by atoms with E-state index < -0.39 is 0 Å². The summed E-state index contributed by atoms with van der Waals surface area (Å²) in [5, 5.41) is 8.74. The largest absolute Gasteiger partial charge is 0.237 e. The van der Waals surface area contributed by atoms with E-state index in [0.29, 0.717) is 19.1 Å². The molecule has 1 saturated carbocycles. The van der Waals surface area contributed by atoms with Gasteiger partial charge in [0.1, 0.15) is 6.61 Å². The van der Waals surface area contributed by atoms with E-state index in [4.69, 9.17) is 15.0 Å². The van der Waals surface area contributed by atoms with E-state index >= 15 is 0 Å². The van der Waals surface area contributed by atoms with Crippen molar-refractivity contribution in [2.75, 3.05) is 13.2 Å². The van der Waals surface area contributed by atoms with E-state index in [1.54, 1.807) is 0 Å². The zero-order valence-electron chi connectivity index (χ0n) is 6.96. The van der Waals surface area contributed by atoms with Gasteiger partial charge in [0.15, 0.2) is 0 Å². The molecule has 11 heavy (non-hydrogen) atoms. The fraction of sp³-hybridized carbons (Fsp3) is 0.875. The molecule has 0 radical (unpaired) electrons. The molecule has 0 saturated heterocycles. The van der Waals surface area contributed by atoms with Crippen LogP contribution in [0.3, 0.4) is 0 Å². The molecule has 0 aromatic carbocycles. The molecule has 0 spiro atoms. The van der Waals surface area contributed by atoms with Gasteiger partial charge in [-0.05, 0) is 19.3 Å². The number of nitriles is 1. The lowest BCUT2D eigenvalue weighted by Gasteiger charge is -2.05. The van der Waals surface area contributed by atoms with E-state index in [-0.39, 0.29) is 5.41 Å². The third-order valence-electron chi connectivity index (χ3n) is 2.19. The Morgan fingerprint density at radius 2 is 2.27 bits per heavy atom. The van der Waals surface area contributed by atoms with Crippen LogP contribution in [-0.4, -0.2) is 13.2 Å². The lowest BCUT2D eigenvalue weighted by molar-refractivity contribution is -0.298. The third-order valence-corrected chi connectivity index (χ3v) is 2.19. The van der Waals surface area contributed by atoms with Crippen molar-refractivity contribution in [3.63, 3.8) is 0 Å². The van der Waals surface area contributed by atoms with Gasteiger partial charge in [-0.25, -0.2) is 9.78 Å². The van der Waals surface area contributed by atoms with Crippen molar-refractivity contribution in [1.82, 2.24) is 0 Å². The summed E-state index contributed by atoms with van der Waals surface area (Å²) in [6, 6.07) is 2.26. The van der Waals surface area contributed by atoms with Crippen LogP contribution in [0, 0.1) is 22.7 Å². The number of hydrogen-bond acceptors (Lipinski definition) is 3. The fourth-order valence-electron chi connectivity index (χ4n) is 1.11. The highest BCUT2D eigenvalue weighted by molar-refractivity contribution is 5.14. The van der Waals surface area contributed by atoms with Crippen molar-refractivity contribution in [2.24, 2.45) is 11.3 Å². The SMILES string of the molecule is CCOOCC1(C#N)CC1C. The standard InChI is InChI=1S/C8H13NO2/c1-3-10-11-6-8(5-9)4-7(8)2/h7H,3-4,6H2,1-2H3. The Morgan fingerprint density at radius 1 is 1.64 bits per heavy atom. The molecule has 0 N–H and O–H groups in total. The summed E-state index contributed by atoms with van der Waals surface area (Å²) in [6.45, 7) is 4.86. The molecule has 0 amide bonds. The molecule has 2 unspecified atom stereocenters. The molecule has 0 heterocycles. The maximum atomic E-state index is 8.74. The van der Waals surface area contributed by atoms with Crippen LogP contribution >= 0.6 is 0 Å². The monoisotopic (exact) mass is 155 g/mol. The fourth-order valence-corrected chi connectivity index (χ4v) is 1.11. The first-order valence-electron chi connectivity index (χ1n) is 3.91. The van der Waals surface area contributed by atoms with E-state index in [2.05, 4.69) is 13.0 Å². The molecule has 1 rings (SSSR count). The molecule has 0 aromatic heterocycles. The summed E-state index contributed by atoms with van der Waals surface area (Å²) < 4.78 is 0. The average molecular weight is 155 g/mol. The second-order valence-corrected chi connectivity index (χ2v) is 3.04. The molecule has 0 aromatic rings. The first-order valence-corrected chi connectivity index (χ1v) is 3.91. The highest BCUT2D eigenvalue weighted by Gasteiger charge is 2.52. The molecular weight excluding hydrogens is 142 g/mol. The van der Waals surface area contributed by atoms with Crippen molar-refractivity contribution in [3.8, 4) is 6.07 Å². The number of nitrogens with zero attached hydrogens (tertiary/aromatic N) is 1. The molecule has 1 aliphatic carbocycles. The summed E-state index contributed by atoms with van der Waals surface area (Å²) in [7, 11) is 0.